The van der Waals surface area contributed by atoms with Gasteiger partial charge in [-0.05, 0) is 61.2 Å². The second kappa shape index (κ2) is 4.45. The topological polar surface area (TPSA) is 57.5 Å². The standard InChI is InChI=1S/C19H28O3/c1-12-14-5-8-18-9-13(19(22,10-18)11-20)3-4-16(18)17(14,2)7-6-15(12)21/h4,12-14,20,22H,3,5-11H2,1-2H3/t12-,13-,14?,17-,18+,19+/m1/s1. The molecule has 0 saturated heterocycles. The molecular formula is C19H28O3. The van der Waals surface area contributed by atoms with Gasteiger partial charge in [0.2, 0.25) is 0 Å². The molecule has 4 aliphatic rings. The summed E-state index contributed by atoms with van der Waals surface area (Å²) in [5, 5.41) is 20.6. The number of rotatable bonds is 1. The fraction of sp³-hybridized carbons (Fsp3) is 0.842. The molecule has 2 bridgehead atoms. The molecule has 1 unspecified atom stereocenters. The van der Waals surface area contributed by atoms with E-state index in [1.165, 1.54) is 5.57 Å². The average molecular weight is 304 g/mol. The van der Waals surface area contributed by atoms with E-state index in [1.54, 1.807) is 0 Å². The van der Waals surface area contributed by atoms with Crippen molar-refractivity contribution >= 4 is 5.78 Å². The molecule has 1 spiro atoms. The van der Waals surface area contributed by atoms with Crippen molar-refractivity contribution in [3.8, 4) is 0 Å². The highest BCUT2D eigenvalue weighted by Gasteiger charge is 2.63. The van der Waals surface area contributed by atoms with E-state index in [-0.39, 0.29) is 29.3 Å². The third-order valence-electron chi connectivity index (χ3n) is 7.86. The SMILES string of the molecule is C[C@H]1C(=O)CC[C@@]2(C)C3=CC[C@@H]4C[C@@]3(CCC12)C[C@]4(O)CO. The number of allylic oxidation sites excluding steroid dienone is 2. The summed E-state index contributed by atoms with van der Waals surface area (Å²) >= 11 is 0. The molecule has 122 valence electrons. The minimum absolute atomic E-state index is 0.0890. The summed E-state index contributed by atoms with van der Waals surface area (Å²) < 4.78 is 0. The van der Waals surface area contributed by atoms with Gasteiger partial charge in [-0.15, -0.1) is 0 Å². The van der Waals surface area contributed by atoms with Crippen LogP contribution < -0.4 is 0 Å². The van der Waals surface area contributed by atoms with Crippen LogP contribution in [0.4, 0.5) is 0 Å². The van der Waals surface area contributed by atoms with Gasteiger partial charge in [0.05, 0.1) is 12.2 Å². The Balaban J connectivity index is 1.75. The molecule has 22 heavy (non-hydrogen) atoms. The minimum atomic E-state index is -0.891. The molecule has 2 N–H and O–H groups in total. The largest absolute Gasteiger partial charge is 0.393 e. The number of ketones is 1. The Bertz CT molecular complexity index is 553. The van der Waals surface area contributed by atoms with Crippen molar-refractivity contribution < 1.29 is 15.0 Å². The van der Waals surface area contributed by atoms with E-state index in [2.05, 4.69) is 19.9 Å². The van der Waals surface area contributed by atoms with Crippen molar-refractivity contribution in [1.82, 2.24) is 0 Å². The fourth-order valence-electron chi connectivity index (χ4n) is 6.70. The van der Waals surface area contributed by atoms with Crippen molar-refractivity contribution in [3.63, 3.8) is 0 Å². The molecule has 4 rings (SSSR count). The highest BCUT2D eigenvalue weighted by atomic mass is 16.3. The van der Waals surface area contributed by atoms with Gasteiger partial charge in [0.15, 0.2) is 0 Å². The van der Waals surface area contributed by atoms with Crippen molar-refractivity contribution in [1.29, 1.82) is 0 Å². The zero-order chi connectivity index (χ0) is 15.8. The number of aliphatic hydroxyl groups is 2. The predicted octanol–water partition coefficient (Wildman–Crippen LogP) is 2.85. The normalized spacial score (nSPS) is 53.7. The molecule has 0 aliphatic heterocycles. The highest BCUT2D eigenvalue weighted by Crippen LogP contribution is 2.69. The van der Waals surface area contributed by atoms with E-state index in [9.17, 15) is 15.0 Å². The van der Waals surface area contributed by atoms with Gasteiger partial charge in [-0.25, -0.2) is 0 Å². The van der Waals surface area contributed by atoms with Gasteiger partial charge in [-0.3, -0.25) is 4.79 Å². The summed E-state index contributed by atoms with van der Waals surface area (Å²) in [6.45, 7) is 4.37. The molecule has 6 atom stereocenters. The number of carbonyl (C=O) groups is 1. The van der Waals surface area contributed by atoms with E-state index in [0.29, 0.717) is 18.1 Å². The monoisotopic (exact) mass is 304 g/mol. The van der Waals surface area contributed by atoms with Crippen LogP contribution in [-0.4, -0.2) is 28.2 Å². The van der Waals surface area contributed by atoms with Gasteiger partial charge >= 0.3 is 0 Å². The lowest BCUT2D eigenvalue weighted by atomic mass is 9.47. The van der Waals surface area contributed by atoms with Crippen LogP contribution in [0.3, 0.4) is 0 Å². The molecule has 0 aromatic rings. The molecule has 3 saturated carbocycles. The first kappa shape index (κ1) is 14.9. The number of Topliss-reactive ketones (excluding diaryl/α,β-unsaturated/α-hetero) is 1. The summed E-state index contributed by atoms with van der Waals surface area (Å²) in [6.07, 6.45) is 8.86. The van der Waals surface area contributed by atoms with E-state index in [4.69, 9.17) is 0 Å². The fourth-order valence-corrected chi connectivity index (χ4v) is 6.70. The van der Waals surface area contributed by atoms with Gasteiger partial charge in [0, 0.05) is 12.3 Å². The highest BCUT2D eigenvalue weighted by molar-refractivity contribution is 5.82. The van der Waals surface area contributed by atoms with Crippen LogP contribution in [-0.2, 0) is 4.79 Å². The number of carbonyl (C=O) groups excluding carboxylic acids is 1. The molecule has 3 fully saturated rings. The van der Waals surface area contributed by atoms with Gasteiger partial charge in [-0.2, -0.15) is 0 Å². The lowest BCUT2D eigenvalue weighted by Crippen LogP contribution is -2.50. The van der Waals surface area contributed by atoms with Crippen LogP contribution in [0.15, 0.2) is 11.6 Å². The average Bonchev–Trinajstić information content (AvgIpc) is 2.71. The maximum atomic E-state index is 12.2. The molecule has 4 aliphatic carbocycles. The summed E-state index contributed by atoms with van der Waals surface area (Å²) in [4.78, 5) is 12.2. The van der Waals surface area contributed by atoms with E-state index < -0.39 is 5.60 Å². The summed E-state index contributed by atoms with van der Waals surface area (Å²) in [5.74, 6) is 1.29. The second-order valence-corrected chi connectivity index (χ2v) is 8.79. The van der Waals surface area contributed by atoms with Crippen LogP contribution in [0.5, 0.6) is 0 Å². The van der Waals surface area contributed by atoms with Crippen LogP contribution in [0.1, 0.15) is 58.8 Å². The Morgan fingerprint density at radius 2 is 2.14 bits per heavy atom. The smallest absolute Gasteiger partial charge is 0.136 e. The maximum absolute atomic E-state index is 12.2. The van der Waals surface area contributed by atoms with Crippen molar-refractivity contribution in [2.24, 2.45) is 28.6 Å². The van der Waals surface area contributed by atoms with Crippen molar-refractivity contribution in [3.05, 3.63) is 11.6 Å². The van der Waals surface area contributed by atoms with Crippen LogP contribution in [0, 0.1) is 28.6 Å². The number of fused-ring (bicyclic) bond motifs is 3. The van der Waals surface area contributed by atoms with Crippen LogP contribution >= 0.6 is 0 Å². The number of aliphatic hydroxyl groups excluding tert-OH is 1. The van der Waals surface area contributed by atoms with Gasteiger partial charge in [0.1, 0.15) is 5.78 Å². The third kappa shape index (κ3) is 1.67. The Morgan fingerprint density at radius 1 is 1.36 bits per heavy atom. The first-order valence-corrected chi connectivity index (χ1v) is 8.92. The van der Waals surface area contributed by atoms with E-state index in [0.717, 1.165) is 38.5 Å². The summed E-state index contributed by atoms with van der Waals surface area (Å²) in [5.41, 5.74) is 0.844. The molecule has 0 aromatic heterocycles. The lowest BCUT2D eigenvalue weighted by Gasteiger charge is -2.57. The molecule has 0 amide bonds. The second-order valence-electron chi connectivity index (χ2n) is 8.79. The van der Waals surface area contributed by atoms with Gasteiger partial charge in [0.25, 0.3) is 0 Å². The molecule has 0 heterocycles. The quantitative estimate of drug-likeness (QED) is 0.732. The molecular weight excluding hydrogens is 276 g/mol. The summed E-state index contributed by atoms with van der Waals surface area (Å²) in [7, 11) is 0. The zero-order valence-corrected chi connectivity index (χ0v) is 13.8. The predicted molar refractivity (Wildman–Crippen MR) is 84.1 cm³/mol. The van der Waals surface area contributed by atoms with E-state index >= 15 is 0 Å². The zero-order valence-electron chi connectivity index (χ0n) is 13.8. The Morgan fingerprint density at radius 3 is 2.86 bits per heavy atom. The molecule has 3 heteroatoms. The van der Waals surface area contributed by atoms with Gasteiger partial charge in [-0.1, -0.05) is 25.5 Å². The third-order valence-corrected chi connectivity index (χ3v) is 7.86. The minimum Gasteiger partial charge on any atom is -0.393 e. The maximum Gasteiger partial charge on any atom is 0.136 e. The van der Waals surface area contributed by atoms with E-state index in [1.807, 2.05) is 0 Å². The van der Waals surface area contributed by atoms with Crippen LogP contribution in [0.2, 0.25) is 0 Å². The Labute approximate surface area is 132 Å². The molecule has 3 nitrogen and oxygen atoms in total. The molecule has 0 radical (unpaired) electrons. The van der Waals surface area contributed by atoms with Crippen molar-refractivity contribution in [2.45, 2.75) is 64.4 Å². The Kier molecular flexibility index (Phi) is 3.01. The van der Waals surface area contributed by atoms with Crippen LogP contribution in [0.25, 0.3) is 0 Å². The Hall–Kier alpha value is -0.670. The van der Waals surface area contributed by atoms with Gasteiger partial charge < -0.3 is 10.2 Å². The first-order valence-electron chi connectivity index (χ1n) is 8.92. The molecule has 0 aromatic carbocycles. The number of hydrogen-bond donors (Lipinski definition) is 2. The number of hydrogen-bond acceptors (Lipinski definition) is 3. The van der Waals surface area contributed by atoms with Crippen molar-refractivity contribution in [2.75, 3.05) is 6.61 Å². The summed E-state index contributed by atoms with van der Waals surface area (Å²) in [6, 6.07) is 0. The first-order chi connectivity index (χ1) is 10.3. The lowest BCUT2D eigenvalue weighted by molar-refractivity contribution is -0.131.